The van der Waals surface area contributed by atoms with E-state index in [4.69, 9.17) is 13.7 Å². The molecule has 4 heteroatoms. The second-order valence-corrected chi connectivity index (χ2v) is 3.21. The van der Waals surface area contributed by atoms with Crippen molar-refractivity contribution in [3.8, 4) is 11.5 Å². The molecule has 1 aromatic carbocycles. The van der Waals surface area contributed by atoms with Crippen LogP contribution in [0.15, 0.2) is 23.1 Å². The highest BCUT2D eigenvalue weighted by Gasteiger charge is 2.04. The van der Waals surface area contributed by atoms with Crippen LogP contribution in [0.3, 0.4) is 0 Å². The van der Waals surface area contributed by atoms with E-state index in [-0.39, 0.29) is 0 Å². The van der Waals surface area contributed by atoms with Crippen LogP contribution in [-0.4, -0.2) is 21.3 Å². The van der Waals surface area contributed by atoms with E-state index in [0.717, 1.165) is 16.4 Å². The number of ether oxygens (including phenoxy) is 2. The molecule has 1 aromatic rings. The maximum absolute atomic E-state index is 5.14. The van der Waals surface area contributed by atoms with Gasteiger partial charge in [-0.3, -0.25) is 0 Å². The highest BCUT2D eigenvalue weighted by molar-refractivity contribution is 7.94. The number of rotatable bonds is 4. The Balaban J connectivity index is 2.95. The molecule has 0 atom stereocenters. The molecular formula is C9H12O3S. The average molecular weight is 200 g/mol. The Bertz CT molecular complexity index is 276. The maximum Gasteiger partial charge on any atom is 0.135 e. The van der Waals surface area contributed by atoms with Crippen LogP contribution >= 0.6 is 12.0 Å². The monoisotopic (exact) mass is 200 g/mol. The van der Waals surface area contributed by atoms with Crippen LogP contribution in [0.25, 0.3) is 0 Å². The summed E-state index contributed by atoms with van der Waals surface area (Å²) in [4.78, 5) is 0.907. The lowest BCUT2D eigenvalue weighted by Gasteiger charge is -2.07. The Morgan fingerprint density at radius 3 is 2.38 bits per heavy atom. The van der Waals surface area contributed by atoms with Crippen molar-refractivity contribution >= 4 is 12.0 Å². The largest absolute Gasteiger partial charge is 0.497 e. The minimum atomic E-state index is 0.785. The molecule has 0 fully saturated rings. The molecule has 13 heavy (non-hydrogen) atoms. The zero-order chi connectivity index (χ0) is 9.68. The minimum Gasteiger partial charge on any atom is -0.497 e. The smallest absolute Gasteiger partial charge is 0.135 e. The van der Waals surface area contributed by atoms with Crippen molar-refractivity contribution in [3.05, 3.63) is 18.2 Å². The van der Waals surface area contributed by atoms with Crippen molar-refractivity contribution in [2.45, 2.75) is 4.90 Å². The standard InChI is InChI=1S/C9H12O3S/c1-10-7-4-5-8(11-2)9(6-7)13-12-3/h4-6H,1-3H3. The topological polar surface area (TPSA) is 27.7 Å². The maximum atomic E-state index is 5.14. The van der Waals surface area contributed by atoms with Gasteiger partial charge in [0.2, 0.25) is 0 Å². The van der Waals surface area contributed by atoms with E-state index in [9.17, 15) is 0 Å². The van der Waals surface area contributed by atoms with Gasteiger partial charge in [0.05, 0.1) is 26.2 Å². The Morgan fingerprint density at radius 1 is 1.08 bits per heavy atom. The first-order valence-corrected chi connectivity index (χ1v) is 4.48. The summed E-state index contributed by atoms with van der Waals surface area (Å²) in [6, 6.07) is 5.56. The summed E-state index contributed by atoms with van der Waals surface area (Å²) < 4.78 is 15.2. The molecule has 0 aliphatic rings. The van der Waals surface area contributed by atoms with E-state index < -0.39 is 0 Å². The van der Waals surface area contributed by atoms with Gasteiger partial charge >= 0.3 is 0 Å². The molecule has 0 amide bonds. The fourth-order valence-electron chi connectivity index (χ4n) is 0.939. The van der Waals surface area contributed by atoms with Gasteiger partial charge in [-0.05, 0) is 18.2 Å². The van der Waals surface area contributed by atoms with Crippen LogP contribution in [0.2, 0.25) is 0 Å². The van der Waals surface area contributed by atoms with Crippen molar-refractivity contribution in [2.75, 3.05) is 21.3 Å². The van der Waals surface area contributed by atoms with Crippen LogP contribution in [-0.2, 0) is 4.18 Å². The van der Waals surface area contributed by atoms with Gasteiger partial charge in [0.1, 0.15) is 11.5 Å². The van der Waals surface area contributed by atoms with Gasteiger partial charge in [0.15, 0.2) is 0 Å². The molecule has 0 aliphatic carbocycles. The summed E-state index contributed by atoms with van der Waals surface area (Å²) in [5.41, 5.74) is 0. The summed E-state index contributed by atoms with van der Waals surface area (Å²) in [7, 11) is 4.87. The average Bonchev–Trinajstić information content (AvgIpc) is 2.18. The third-order valence-corrected chi connectivity index (χ3v) is 2.21. The molecule has 0 saturated carbocycles. The number of hydrogen-bond acceptors (Lipinski definition) is 4. The molecule has 72 valence electrons. The molecule has 0 bridgehead atoms. The third kappa shape index (κ3) is 2.54. The predicted octanol–water partition coefficient (Wildman–Crippen LogP) is 2.36. The van der Waals surface area contributed by atoms with Crippen LogP contribution < -0.4 is 9.47 Å². The van der Waals surface area contributed by atoms with Crippen molar-refractivity contribution in [1.29, 1.82) is 0 Å². The van der Waals surface area contributed by atoms with E-state index in [1.807, 2.05) is 18.2 Å². The lowest BCUT2D eigenvalue weighted by molar-refractivity contribution is 0.392. The van der Waals surface area contributed by atoms with Crippen LogP contribution in [0.1, 0.15) is 0 Å². The summed E-state index contributed by atoms with van der Waals surface area (Å²) in [6.07, 6.45) is 0. The van der Waals surface area contributed by atoms with Gasteiger partial charge in [0, 0.05) is 12.0 Å². The Labute approximate surface area is 82.2 Å². The summed E-state index contributed by atoms with van der Waals surface area (Å²) in [6.45, 7) is 0. The molecule has 0 aliphatic heterocycles. The van der Waals surface area contributed by atoms with Crippen molar-refractivity contribution in [1.82, 2.24) is 0 Å². The predicted molar refractivity (Wildman–Crippen MR) is 52.4 cm³/mol. The number of methoxy groups -OCH3 is 2. The zero-order valence-corrected chi connectivity index (χ0v) is 8.68. The van der Waals surface area contributed by atoms with E-state index >= 15 is 0 Å². The molecule has 0 N–H and O–H groups in total. The van der Waals surface area contributed by atoms with Gasteiger partial charge in [-0.1, -0.05) is 0 Å². The van der Waals surface area contributed by atoms with Gasteiger partial charge < -0.3 is 13.7 Å². The second-order valence-electron chi connectivity index (χ2n) is 2.27. The number of benzene rings is 1. The molecule has 0 unspecified atom stereocenters. The molecule has 0 aromatic heterocycles. The number of hydrogen-bond donors (Lipinski definition) is 0. The van der Waals surface area contributed by atoms with Gasteiger partial charge in [-0.2, -0.15) is 0 Å². The van der Waals surface area contributed by atoms with Crippen LogP contribution in [0.5, 0.6) is 11.5 Å². The van der Waals surface area contributed by atoms with Gasteiger partial charge in [0.25, 0.3) is 0 Å². The minimum absolute atomic E-state index is 0.785. The quantitative estimate of drug-likeness (QED) is 0.697. The highest BCUT2D eigenvalue weighted by atomic mass is 32.2. The molecular weight excluding hydrogens is 188 g/mol. The van der Waals surface area contributed by atoms with Gasteiger partial charge in [-0.15, -0.1) is 0 Å². The Hall–Kier alpha value is -0.870. The molecule has 0 spiro atoms. The van der Waals surface area contributed by atoms with Crippen molar-refractivity contribution < 1.29 is 13.7 Å². The first-order valence-electron chi connectivity index (χ1n) is 3.74. The Morgan fingerprint density at radius 2 is 1.85 bits per heavy atom. The van der Waals surface area contributed by atoms with E-state index in [1.54, 1.807) is 21.3 Å². The summed E-state index contributed by atoms with van der Waals surface area (Å²) >= 11 is 1.25. The molecule has 3 nitrogen and oxygen atoms in total. The lowest BCUT2D eigenvalue weighted by Crippen LogP contribution is -1.88. The SMILES string of the molecule is COSc1cc(OC)ccc1OC. The lowest BCUT2D eigenvalue weighted by atomic mass is 10.3. The zero-order valence-electron chi connectivity index (χ0n) is 7.87. The molecule has 1 rings (SSSR count). The van der Waals surface area contributed by atoms with Crippen LogP contribution in [0, 0.1) is 0 Å². The first-order chi connectivity index (χ1) is 6.31. The normalized spacial score (nSPS) is 9.77. The summed E-state index contributed by atoms with van der Waals surface area (Å²) in [5.74, 6) is 1.58. The van der Waals surface area contributed by atoms with Crippen molar-refractivity contribution in [3.63, 3.8) is 0 Å². The highest BCUT2D eigenvalue weighted by Crippen LogP contribution is 2.32. The third-order valence-electron chi connectivity index (χ3n) is 1.54. The molecule has 0 radical (unpaired) electrons. The first kappa shape index (κ1) is 10.2. The summed E-state index contributed by atoms with van der Waals surface area (Å²) in [5, 5.41) is 0. The molecule has 0 heterocycles. The van der Waals surface area contributed by atoms with Crippen LogP contribution in [0.4, 0.5) is 0 Å². The van der Waals surface area contributed by atoms with E-state index in [0.29, 0.717) is 0 Å². The fraction of sp³-hybridized carbons (Fsp3) is 0.333. The Kier molecular flexibility index (Phi) is 3.92. The van der Waals surface area contributed by atoms with Crippen molar-refractivity contribution in [2.24, 2.45) is 0 Å². The van der Waals surface area contributed by atoms with E-state index in [1.165, 1.54) is 12.0 Å². The second kappa shape index (κ2) is 4.99. The molecule has 0 saturated heterocycles. The fourth-order valence-corrected chi connectivity index (χ4v) is 1.52. The van der Waals surface area contributed by atoms with Gasteiger partial charge in [-0.25, -0.2) is 0 Å². The van der Waals surface area contributed by atoms with E-state index in [2.05, 4.69) is 0 Å².